The number of aromatic nitrogens is 3. The van der Waals surface area contributed by atoms with Gasteiger partial charge in [0.15, 0.2) is 0 Å². The van der Waals surface area contributed by atoms with Crippen molar-refractivity contribution in [2.24, 2.45) is 5.92 Å². The topological polar surface area (TPSA) is 38.7 Å². The average Bonchev–Trinajstić information content (AvgIpc) is 2.69. The molecular formula is C22H27As2N3. The van der Waals surface area contributed by atoms with Gasteiger partial charge in [0.05, 0.1) is 0 Å². The molecule has 140 valence electrons. The number of hydrogen-bond acceptors (Lipinski definition) is 3. The van der Waals surface area contributed by atoms with E-state index < -0.39 is 14.7 Å². The first-order chi connectivity index (χ1) is 13.1. The van der Waals surface area contributed by atoms with Gasteiger partial charge in [-0.25, -0.2) is 0 Å². The van der Waals surface area contributed by atoms with Gasteiger partial charge >= 0.3 is 176 Å². The van der Waals surface area contributed by atoms with Gasteiger partial charge in [0.2, 0.25) is 0 Å². The van der Waals surface area contributed by atoms with Crippen molar-refractivity contribution in [3.05, 3.63) is 42.2 Å². The molecule has 1 fully saturated rings. The molecule has 0 radical (unpaired) electrons. The summed E-state index contributed by atoms with van der Waals surface area (Å²) in [6.07, 6.45) is 9.62. The van der Waals surface area contributed by atoms with Gasteiger partial charge in [0.1, 0.15) is 0 Å². The second kappa shape index (κ2) is 8.46. The van der Waals surface area contributed by atoms with Crippen LogP contribution in [0.4, 0.5) is 0 Å². The molecule has 4 rings (SSSR count). The third kappa shape index (κ3) is 4.30. The minimum atomic E-state index is -0.838. The van der Waals surface area contributed by atoms with Crippen LogP contribution in [0, 0.1) is 5.92 Å². The Bertz CT molecular complexity index is 932. The minimum absolute atomic E-state index is 0.787. The van der Waals surface area contributed by atoms with Crippen molar-refractivity contribution < 1.29 is 0 Å². The van der Waals surface area contributed by atoms with E-state index in [1.807, 2.05) is 0 Å². The van der Waals surface area contributed by atoms with Gasteiger partial charge in [-0.1, -0.05) is 0 Å². The Hall–Kier alpha value is -1.17. The predicted octanol–water partition coefficient (Wildman–Crippen LogP) is 3.03. The molecule has 1 unspecified atom stereocenters. The van der Waals surface area contributed by atoms with Crippen molar-refractivity contribution in [3.8, 4) is 11.3 Å². The summed E-state index contributed by atoms with van der Waals surface area (Å²) < 4.78 is 2.60. The molecule has 27 heavy (non-hydrogen) atoms. The van der Waals surface area contributed by atoms with Gasteiger partial charge in [0, 0.05) is 0 Å². The van der Waals surface area contributed by atoms with E-state index >= 15 is 0 Å². The van der Waals surface area contributed by atoms with Gasteiger partial charge in [-0.2, -0.15) is 0 Å². The van der Waals surface area contributed by atoms with Gasteiger partial charge in [0.25, 0.3) is 0 Å². The Morgan fingerprint density at radius 3 is 2.48 bits per heavy atom. The van der Waals surface area contributed by atoms with E-state index in [-0.39, 0.29) is 0 Å². The summed E-state index contributed by atoms with van der Waals surface area (Å²) in [5.74, 6) is 0.787. The molecule has 3 nitrogen and oxygen atoms in total. The van der Waals surface area contributed by atoms with Crippen LogP contribution in [-0.2, 0) is 6.42 Å². The second-order valence-electron chi connectivity index (χ2n) is 7.78. The van der Waals surface area contributed by atoms with Crippen molar-refractivity contribution in [1.29, 1.82) is 0 Å². The van der Waals surface area contributed by atoms with Crippen LogP contribution < -0.4 is 8.83 Å². The number of benzene rings is 1. The molecule has 1 saturated carbocycles. The van der Waals surface area contributed by atoms with Gasteiger partial charge in [-0.3, -0.25) is 0 Å². The van der Waals surface area contributed by atoms with Crippen LogP contribution >= 0.6 is 0 Å². The van der Waals surface area contributed by atoms with Crippen LogP contribution in [0.1, 0.15) is 37.7 Å². The zero-order valence-corrected chi connectivity index (χ0v) is 20.4. The zero-order chi connectivity index (χ0) is 18.8. The monoisotopic (exact) mass is 483 g/mol. The predicted molar refractivity (Wildman–Crippen MR) is 118 cm³/mol. The van der Waals surface area contributed by atoms with Crippen LogP contribution in [-0.4, -0.2) is 46.5 Å². The molecule has 1 aliphatic rings. The van der Waals surface area contributed by atoms with Gasteiger partial charge < -0.3 is 0 Å². The summed E-state index contributed by atoms with van der Waals surface area (Å²) in [7, 11) is 0. The molecule has 0 aliphatic heterocycles. The Kier molecular flexibility index (Phi) is 6.00. The van der Waals surface area contributed by atoms with Crippen LogP contribution in [0.15, 0.2) is 36.7 Å². The Balaban J connectivity index is 1.79. The van der Waals surface area contributed by atoms with E-state index in [0.717, 1.165) is 33.5 Å². The number of pyridine rings is 1. The normalized spacial score (nSPS) is 15.6. The molecule has 0 N–H and O–H groups in total. The molecule has 5 heteroatoms. The average molecular weight is 483 g/mol. The van der Waals surface area contributed by atoms with Crippen molar-refractivity contribution in [2.45, 2.75) is 49.9 Å². The maximum absolute atomic E-state index is 5.02. The van der Waals surface area contributed by atoms with E-state index in [4.69, 9.17) is 4.98 Å². The first-order valence-electron chi connectivity index (χ1n) is 9.79. The number of fused-ring (bicyclic) bond motifs is 1. The second-order valence-corrected chi connectivity index (χ2v) is 13.8. The Morgan fingerprint density at radius 1 is 1.04 bits per heavy atom. The summed E-state index contributed by atoms with van der Waals surface area (Å²) in [4.78, 5) is 13.9. The fraction of sp³-hybridized carbons (Fsp3) is 0.409. The third-order valence-electron chi connectivity index (χ3n) is 5.62. The van der Waals surface area contributed by atoms with Crippen LogP contribution in [0.3, 0.4) is 0 Å². The molecule has 1 atom stereocenters. The number of rotatable bonds is 4. The SMILES string of the molecule is C[As](C)c1ccc(-c2nc3ncnc([AsH2])c3cc2CC2CCCCC2)cc1. The van der Waals surface area contributed by atoms with Crippen LogP contribution in [0.2, 0.25) is 11.4 Å². The maximum atomic E-state index is 5.02. The van der Waals surface area contributed by atoms with Crippen molar-refractivity contribution in [3.63, 3.8) is 0 Å². The molecule has 2 aromatic heterocycles. The molecule has 2 heterocycles. The molecular weight excluding hydrogens is 456 g/mol. The summed E-state index contributed by atoms with van der Waals surface area (Å²) in [5, 5.41) is 1.12. The Morgan fingerprint density at radius 2 is 1.78 bits per heavy atom. The van der Waals surface area contributed by atoms with Crippen molar-refractivity contribution >= 4 is 51.4 Å². The molecule has 1 aromatic carbocycles. The van der Waals surface area contributed by atoms with Gasteiger partial charge in [-0.05, 0) is 0 Å². The zero-order valence-electron chi connectivity index (χ0n) is 16.2. The fourth-order valence-corrected chi connectivity index (χ4v) is 6.22. The summed E-state index contributed by atoms with van der Waals surface area (Å²) in [5.41, 5.74) is 9.31. The number of hydrogen-bond donors (Lipinski definition) is 0. The molecule has 3 aromatic rings. The van der Waals surface area contributed by atoms with E-state index in [1.165, 1.54) is 47.6 Å². The van der Waals surface area contributed by atoms with Crippen LogP contribution in [0.25, 0.3) is 22.3 Å². The summed E-state index contributed by atoms with van der Waals surface area (Å²) >= 11 is 0.708. The fourth-order valence-electron chi connectivity index (χ4n) is 4.07. The van der Waals surface area contributed by atoms with Gasteiger partial charge in [-0.15, -0.1) is 0 Å². The quantitative estimate of drug-likeness (QED) is 0.536. The first-order valence-corrected chi connectivity index (χ1v) is 15.7. The first kappa shape index (κ1) is 19.2. The third-order valence-corrected chi connectivity index (χ3v) is 9.38. The van der Waals surface area contributed by atoms with E-state index in [0.29, 0.717) is 0 Å². The summed E-state index contributed by atoms with van der Waals surface area (Å²) in [6.45, 7) is 0. The van der Waals surface area contributed by atoms with Crippen LogP contribution in [0.5, 0.6) is 0 Å². The van der Waals surface area contributed by atoms with E-state index in [1.54, 1.807) is 23.2 Å². The molecule has 0 saturated heterocycles. The molecule has 1 aliphatic carbocycles. The molecule has 0 spiro atoms. The molecule has 0 amide bonds. The Labute approximate surface area is 175 Å². The summed E-state index contributed by atoms with van der Waals surface area (Å²) in [6, 6.07) is 11.5. The van der Waals surface area contributed by atoms with Crippen molar-refractivity contribution in [2.75, 3.05) is 0 Å². The van der Waals surface area contributed by atoms with Crippen molar-refractivity contribution in [1.82, 2.24) is 15.0 Å². The number of nitrogens with zero attached hydrogens (tertiary/aromatic N) is 3. The van der Waals surface area contributed by atoms with E-state index in [2.05, 4.69) is 51.7 Å². The molecule has 0 bridgehead atoms. The standard InChI is InChI=1S/C22H27As2N3/c1-24(2)18-10-8-16(9-11-18)20-17(12-15-6-4-3-5-7-15)13-19-21(23)25-14-26-22(19)27-20/h8-11,13-15H,3-7,12,23H2,1-2H3. The van der Waals surface area contributed by atoms with E-state index in [9.17, 15) is 0 Å².